The van der Waals surface area contributed by atoms with Crippen molar-refractivity contribution >= 4 is 11.2 Å². The number of unbranched alkanes of at least 4 members (excludes halogenated alkanes) is 1. The quantitative estimate of drug-likeness (QED) is 0.546. The van der Waals surface area contributed by atoms with Crippen molar-refractivity contribution in [1.82, 2.24) is 14.5 Å². The third-order valence-corrected chi connectivity index (χ3v) is 5.62. The summed E-state index contributed by atoms with van der Waals surface area (Å²) in [6, 6.07) is 12.3. The van der Waals surface area contributed by atoms with Gasteiger partial charge in [-0.2, -0.15) is 5.10 Å². The van der Waals surface area contributed by atoms with Gasteiger partial charge in [-0.05, 0) is 50.1 Å². The minimum atomic E-state index is 0.755. The monoisotopic (exact) mass is 394 g/mol. The topological polar surface area (TPSA) is 42.2 Å². The van der Waals surface area contributed by atoms with Crippen molar-refractivity contribution in [3.8, 4) is 11.5 Å². The number of nitrogens with zero attached hydrogens (tertiary/aromatic N) is 4. The summed E-state index contributed by atoms with van der Waals surface area (Å²) >= 11 is 0. The normalized spacial score (nSPS) is 15.0. The zero-order valence-electron chi connectivity index (χ0n) is 17.4. The van der Waals surface area contributed by atoms with Crippen LogP contribution < -0.4 is 14.4 Å². The van der Waals surface area contributed by atoms with Crippen LogP contribution >= 0.6 is 0 Å². The largest absolute Gasteiger partial charge is 0.495 e. The maximum atomic E-state index is 5.95. The molecule has 1 aliphatic heterocycles. The number of rotatable bonds is 8. The molecule has 0 bridgehead atoms. The number of hydrogen-bond acceptors (Lipinski definition) is 5. The van der Waals surface area contributed by atoms with E-state index in [2.05, 4.69) is 40.0 Å². The lowest BCUT2D eigenvalue weighted by Crippen LogP contribution is -2.46. The van der Waals surface area contributed by atoms with E-state index in [4.69, 9.17) is 9.47 Å². The zero-order chi connectivity index (χ0) is 20.1. The Hall–Kier alpha value is -2.73. The Kier molecular flexibility index (Phi) is 6.20. The van der Waals surface area contributed by atoms with E-state index < -0.39 is 0 Å². The smallest absolute Gasteiger partial charge is 0.142 e. The van der Waals surface area contributed by atoms with E-state index in [1.54, 1.807) is 7.11 Å². The molecule has 29 heavy (non-hydrogen) atoms. The highest BCUT2D eigenvalue weighted by atomic mass is 16.5. The SMILES string of the molecule is COc1ccccc1N1CCN(CCCCOc2ccn3ncc(C)c3c2)CC1. The van der Waals surface area contributed by atoms with Crippen molar-refractivity contribution < 1.29 is 9.47 Å². The summed E-state index contributed by atoms with van der Waals surface area (Å²) < 4.78 is 13.3. The van der Waals surface area contributed by atoms with Crippen LogP contribution in [0.25, 0.3) is 5.52 Å². The molecular formula is C23H30N4O2. The second-order valence-electron chi connectivity index (χ2n) is 7.58. The number of aromatic nitrogens is 2. The second-order valence-corrected chi connectivity index (χ2v) is 7.58. The molecule has 0 N–H and O–H groups in total. The third kappa shape index (κ3) is 4.65. The number of anilines is 1. The Morgan fingerprint density at radius 3 is 2.69 bits per heavy atom. The number of aryl methyl sites for hydroxylation is 1. The lowest BCUT2D eigenvalue weighted by atomic mass is 10.2. The lowest BCUT2D eigenvalue weighted by Gasteiger charge is -2.36. The standard InChI is InChI=1S/C23H30N4O2/c1-19-18-24-27-11-9-20(17-22(19)27)29-16-6-5-10-25-12-14-26(15-13-25)21-7-3-4-8-23(21)28-2/h3-4,7-9,11,17-18H,5-6,10,12-16H2,1-2H3. The van der Waals surface area contributed by atoms with E-state index in [-0.39, 0.29) is 0 Å². The molecule has 0 atom stereocenters. The van der Waals surface area contributed by atoms with Crippen LogP contribution in [0.3, 0.4) is 0 Å². The Morgan fingerprint density at radius 2 is 1.86 bits per heavy atom. The van der Waals surface area contributed by atoms with Crippen molar-refractivity contribution in [2.45, 2.75) is 19.8 Å². The minimum Gasteiger partial charge on any atom is -0.495 e. The van der Waals surface area contributed by atoms with Gasteiger partial charge in [0.1, 0.15) is 11.5 Å². The van der Waals surface area contributed by atoms with Crippen molar-refractivity contribution in [3.05, 3.63) is 54.4 Å². The van der Waals surface area contributed by atoms with Gasteiger partial charge in [-0.1, -0.05) is 12.1 Å². The highest BCUT2D eigenvalue weighted by molar-refractivity contribution is 5.58. The number of fused-ring (bicyclic) bond motifs is 1. The second kappa shape index (κ2) is 9.18. The predicted octanol–water partition coefficient (Wildman–Crippen LogP) is 3.63. The number of para-hydroxylation sites is 2. The van der Waals surface area contributed by atoms with Crippen LogP contribution in [0.15, 0.2) is 48.8 Å². The highest BCUT2D eigenvalue weighted by Gasteiger charge is 2.19. The fourth-order valence-corrected chi connectivity index (χ4v) is 3.90. The first-order valence-electron chi connectivity index (χ1n) is 10.4. The first kappa shape index (κ1) is 19.6. The number of pyridine rings is 1. The summed E-state index contributed by atoms with van der Waals surface area (Å²) in [4.78, 5) is 4.97. The number of ether oxygens (including phenoxy) is 2. The van der Waals surface area contributed by atoms with E-state index in [9.17, 15) is 0 Å². The molecule has 1 aliphatic rings. The lowest BCUT2D eigenvalue weighted by molar-refractivity contribution is 0.238. The summed E-state index contributed by atoms with van der Waals surface area (Å²) in [5, 5.41) is 4.30. The molecule has 0 spiro atoms. The maximum Gasteiger partial charge on any atom is 0.142 e. The fraction of sp³-hybridized carbons (Fsp3) is 0.435. The summed E-state index contributed by atoms with van der Waals surface area (Å²) in [5.41, 5.74) is 3.48. The molecule has 6 nitrogen and oxygen atoms in total. The van der Waals surface area contributed by atoms with E-state index >= 15 is 0 Å². The van der Waals surface area contributed by atoms with Gasteiger partial charge in [-0.15, -0.1) is 0 Å². The third-order valence-electron chi connectivity index (χ3n) is 5.62. The molecule has 0 amide bonds. The van der Waals surface area contributed by atoms with Gasteiger partial charge in [-0.25, -0.2) is 4.52 Å². The Morgan fingerprint density at radius 1 is 1.03 bits per heavy atom. The molecule has 0 unspecified atom stereocenters. The van der Waals surface area contributed by atoms with E-state index in [1.165, 1.54) is 11.3 Å². The summed E-state index contributed by atoms with van der Waals surface area (Å²) in [5.74, 6) is 1.88. The Bertz CT molecular complexity index is 932. The van der Waals surface area contributed by atoms with Crippen molar-refractivity contribution in [1.29, 1.82) is 0 Å². The first-order valence-corrected chi connectivity index (χ1v) is 10.4. The van der Waals surface area contributed by atoms with Gasteiger partial charge in [0.25, 0.3) is 0 Å². The average molecular weight is 395 g/mol. The molecular weight excluding hydrogens is 364 g/mol. The van der Waals surface area contributed by atoms with Gasteiger partial charge in [0.05, 0.1) is 31.1 Å². The molecule has 154 valence electrons. The Labute approximate surface area is 172 Å². The molecule has 1 fully saturated rings. The van der Waals surface area contributed by atoms with Gasteiger partial charge in [-0.3, -0.25) is 4.90 Å². The minimum absolute atomic E-state index is 0.755. The molecule has 0 saturated carbocycles. The number of benzene rings is 1. The van der Waals surface area contributed by atoms with Crippen molar-refractivity contribution in [2.24, 2.45) is 0 Å². The van der Waals surface area contributed by atoms with Crippen LogP contribution in [0, 0.1) is 6.92 Å². The number of hydrogen-bond donors (Lipinski definition) is 0. The first-order chi connectivity index (χ1) is 14.2. The zero-order valence-corrected chi connectivity index (χ0v) is 17.4. The molecule has 1 aromatic carbocycles. The van der Waals surface area contributed by atoms with Gasteiger partial charge in [0, 0.05) is 38.4 Å². The fourth-order valence-electron chi connectivity index (χ4n) is 3.90. The van der Waals surface area contributed by atoms with Crippen LogP contribution in [0.2, 0.25) is 0 Å². The van der Waals surface area contributed by atoms with Crippen molar-refractivity contribution in [2.75, 3.05) is 51.3 Å². The van der Waals surface area contributed by atoms with Gasteiger partial charge in [0.2, 0.25) is 0 Å². The molecule has 0 radical (unpaired) electrons. The van der Waals surface area contributed by atoms with Crippen LogP contribution in [-0.2, 0) is 0 Å². The van der Waals surface area contributed by atoms with Crippen LogP contribution in [0.4, 0.5) is 5.69 Å². The van der Waals surface area contributed by atoms with Gasteiger partial charge in [0.15, 0.2) is 0 Å². The highest BCUT2D eigenvalue weighted by Crippen LogP contribution is 2.28. The summed E-state index contributed by atoms with van der Waals surface area (Å²) in [6.07, 6.45) is 6.06. The molecule has 2 aromatic heterocycles. The van der Waals surface area contributed by atoms with Crippen LogP contribution in [0.1, 0.15) is 18.4 Å². The maximum absolute atomic E-state index is 5.95. The summed E-state index contributed by atoms with van der Waals surface area (Å²) in [7, 11) is 1.74. The molecule has 1 saturated heterocycles. The molecule has 3 aromatic rings. The summed E-state index contributed by atoms with van der Waals surface area (Å²) in [6.45, 7) is 8.23. The van der Waals surface area contributed by atoms with Crippen LogP contribution in [0.5, 0.6) is 11.5 Å². The Balaban J connectivity index is 1.17. The molecule has 4 rings (SSSR count). The number of methoxy groups -OCH3 is 1. The van der Waals surface area contributed by atoms with E-state index in [1.807, 2.05) is 35.1 Å². The van der Waals surface area contributed by atoms with Gasteiger partial charge < -0.3 is 14.4 Å². The van der Waals surface area contributed by atoms with E-state index in [0.29, 0.717) is 0 Å². The molecule has 3 heterocycles. The molecule has 0 aliphatic carbocycles. The van der Waals surface area contributed by atoms with E-state index in [0.717, 1.165) is 69.2 Å². The van der Waals surface area contributed by atoms with Crippen LogP contribution in [-0.4, -0.2) is 61.0 Å². The molecule has 6 heteroatoms. The predicted molar refractivity (Wildman–Crippen MR) is 116 cm³/mol. The number of piperazine rings is 1. The van der Waals surface area contributed by atoms with Gasteiger partial charge >= 0.3 is 0 Å². The van der Waals surface area contributed by atoms with Crippen molar-refractivity contribution in [3.63, 3.8) is 0 Å². The average Bonchev–Trinajstić information content (AvgIpc) is 3.14.